The summed E-state index contributed by atoms with van der Waals surface area (Å²) in [7, 11) is 0. The number of halogens is 2. The van der Waals surface area contributed by atoms with Gasteiger partial charge in [-0.15, -0.1) is 0 Å². The summed E-state index contributed by atoms with van der Waals surface area (Å²) in [4.78, 5) is 0. The van der Waals surface area contributed by atoms with Gasteiger partial charge in [0.2, 0.25) is 0 Å². The van der Waals surface area contributed by atoms with Crippen molar-refractivity contribution in [2.45, 2.75) is 32.5 Å². The number of aliphatic hydroxyl groups excluding tert-OH is 1. The van der Waals surface area contributed by atoms with E-state index in [4.69, 9.17) is 4.74 Å². The van der Waals surface area contributed by atoms with Gasteiger partial charge in [-0.2, -0.15) is 0 Å². The molecule has 2 nitrogen and oxygen atoms in total. The third kappa shape index (κ3) is 3.25. The second kappa shape index (κ2) is 5.92. The SMILES string of the molecule is CCOC(C)C(O)Cc1cccc(F)c1F. The fourth-order valence-corrected chi connectivity index (χ4v) is 1.47. The van der Waals surface area contributed by atoms with E-state index in [1.807, 2.05) is 6.92 Å². The van der Waals surface area contributed by atoms with E-state index in [1.54, 1.807) is 6.92 Å². The number of benzene rings is 1. The Morgan fingerprint density at radius 2 is 2.06 bits per heavy atom. The van der Waals surface area contributed by atoms with Crippen molar-refractivity contribution < 1.29 is 18.6 Å². The van der Waals surface area contributed by atoms with Crippen molar-refractivity contribution in [3.63, 3.8) is 0 Å². The molecule has 0 bridgehead atoms. The first-order chi connectivity index (χ1) is 7.56. The lowest BCUT2D eigenvalue weighted by Gasteiger charge is -2.18. The number of aliphatic hydroxyl groups is 1. The van der Waals surface area contributed by atoms with Gasteiger partial charge in [0.25, 0.3) is 0 Å². The van der Waals surface area contributed by atoms with E-state index in [9.17, 15) is 13.9 Å². The first-order valence-corrected chi connectivity index (χ1v) is 5.28. The Morgan fingerprint density at radius 1 is 1.38 bits per heavy atom. The topological polar surface area (TPSA) is 29.5 Å². The summed E-state index contributed by atoms with van der Waals surface area (Å²) in [5.41, 5.74) is 0.166. The summed E-state index contributed by atoms with van der Waals surface area (Å²) in [6.45, 7) is 3.99. The minimum Gasteiger partial charge on any atom is -0.390 e. The van der Waals surface area contributed by atoms with Crippen molar-refractivity contribution in [1.82, 2.24) is 0 Å². The normalized spacial score (nSPS) is 14.8. The van der Waals surface area contributed by atoms with Gasteiger partial charge >= 0.3 is 0 Å². The maximum atomic E-state index is 13.3. The number of hydrogen-bond acceptors (Lipinski definition) is 2. The van der Waals surface area contributed by atoms with Crippen molar-refractivity contribution in [2.75, 3.05) is 6.61 Å². The Hall–Kier alpha value is -1.00. The van der Waals surface area contributed by atoms with Crippen LogP contribution >= 0.6 is 0 Å². The molecule has 1 aromatic rings. The molecule has 0 aliphatic rings. The van der Waals surface area contributed by atoms with Gasteiger partial charge in [-0.3, -0.25) is 0 Å². The third-order valence-electron chi connectivity index (χ3n) is 2.43. The Morgan fingerprint density at radius 3 is 2.69 bits per heavy atom. The summed E-state index contributed by atoms with van der Waals surface area (Å²) in [5.74, 6) is -1.79. The molecule has 0 radical (unpaired) electrons. The fraction of sp³-hybridized carbons (Fsp3) is 0.500. The maximum absolute atomic E-state index is 13.3. The molecule has 0 aliphatic carbocycles. The van der Waals surface area contributed by atoms with Gasteiger partial charge in [-0.25, -0.2) is 8.78 Å². The Balaban J connectivity index is 2.69. The minimum absolute atomic E-state index is 0.0464. The van der Waals surface area contributed by atoms with Crippen LogP contribution in [0.3, 0.4) is 0 Å². The summed E-state index contributed by atoms with van der Waals surface area (Å²) < 4.78 is 31.4. The smallest absolute Gasteiger partial charge is 0.162 e. The highest BCUT2D eigenvalue weighted by Crippen LogP contribution is 2.15. The lowest BCUT2D eigenvalue weighted by molar-refractivity contribution is -0.0211. The lowest BCUT2D eigenvalue weighted by atomic mass is 10.0. The van der Waals surface area contributed by atoms with Crippen molar-refractivity contribution >= 4 is 0 Å². The van der Waals surface area contributed by atoms with Gasteiger partial charge in [0.15, 0.2) is 11.6 Å². The molecular weight excluding hydrogens is 214 g/mol. The van der Waals surface area contributed by atoms with Crippen LogP contribution in [0.15, 0.2) is 18.2 Å². The Labute approximate surface area is 93.9 Å². The molecule has 0 saturated carbocycles. The molecule has 1 N–H and O–H groups in total. The standard InChI is InChI=1S/C12H16F2O2/c1-3-16-8(2)11(15)7-9-5-4-6-10(13)12(9)14/h4-6,8,11,15H,3,7H2,1-2H3. The number of rotatable bonds is 5. The zero-order chi connectivity index (χ0) is 12.1. The van der Waals surface area contributed by atoms with E-state index >= 15 is 0 Å². The molecule has 0 aliphatic heterocycles. The number of ether oxygens (including phenoxy) is 1. The lowest BCUT2D eigenvalue weighted by Crippen LogP contribution is -2.28. The summed E-state index contributed by atoms with van der Waals surface area (Å²) in [6, 6.07) is 3.93. The van der Waals surface area contributed by atoms with Crippen LogP contribution in [0.2, 0.25) is 0 Å². The van der Waals surface area contributed by atoms with Crippen molar-refractivity contribution in [3.8, 4) is 0 Å². The average Bonchev–Trinajstić information content (AvgIpc) is 2.25. The van der Waals surface area contributed by atoms with Crippen LogP contribution in [0.1, 0.15) is 19.4 Å². The highest BCUT2D eigenvalue weighted by Gasteiger charge is 2.17. The average molecular weight is 230 g/mol. The first-order valence-electron chi connectivity index (χ1n) is 5.28. The fourth-order valence-electron chi connectivity index (χ4n) is 1.47. The van der Waals surface area contributed by atoms with Crippen LogP contribution in [-0.4, -0.2) is 23.9 Å². The van der Waals surface area contributed by atoms with E-state index in [2.05, 4.69) is 0 Å². The predicted molar refractivity (Wildman–Crippen MR) is 57.2 cm³/mol. The molecule has 0 amide bonds. The summed E-state index contributed by atoms with van der Waals surface area (Å²) >= 11 is 0. The summed E-state index contributed by atoms with van der Waals surface area (Å²) in [5, 5.41) is 9.70. The monoisotopic (exact) mass is 230 g/mol. The van der Waals surface area contributed by atoms with E-state index in [0.29, 0.717) is 6.61 Å². The molecule has 2 unspecified atom stereocenters. The molecule has 0 heterocycles. The van der Waals surface area contributed by atoms with Crippen LogP contribution < -0.4 is 0 Å². The molecule has 0 spiro atoms. The molecule has 0 saturated heterocycles. The zero-order valence-electron chi connectivity index (χ0n) is 9.41. The van der Waals surface area contributed by atoms with Crippen LogP contribution in [0.5, 0.6) is 0 Å². The highest BCUT2D eigenvalue weighted by molar-refractivity contribution is 5.19. The third-order valence-corrected chi connectivity index (χ3v) is 2.43. The van der Waals surface area contributed by atoms with Crippen molar-refractivity contribution in [1.29, 1.82) is 0 Å². The van der Waals surface area contributed by atoms with Crippen molar-refractivity contribution in [3.05, 3.63) is 35.4 Å². The van der Waals surface area contributed by atoms with Crippen LogP contribution in [0.25, 0.3) is 0 Å². The zero-order valence-corrected chi connectivity index (χ0v) is 9.41. The quantitative estimate of drug-likeness (QED) is 0.841. The van der Waals surface area contributed by atoms with Crippen LogP contribution in [-0.2, 0) is 11.2 Å². The maximum Gasteiger partial charge on any atom is 0.162 e. The number of hydrogen-bond donors (Lipinski definition) is 1. The molecular formula is C12H16F2O2. The van der Waals surface area contributed by atoms with Crippen molar-refractivity contribution in [2.24, 2.45) is 0 Å². The molecule has 1 rings (SSSR count). The van der Waals surface area contributed by atoms with Gasteiger partial charge < -0.3 is 9.84 Å². The molecule has 16 heavy (non-hydrogen) atoms. The van der Waals surface area contributed by atoms with Crippen LogP contribution in [0.4, 0.5) is 8.78 Å². The summed E-state index contributed by atoms with van der Waals surface area (Å²) in [6.07, 6.45) is -1.19. The Bertz CT molecular complexity index is 342. The highest BCUT2D eigenvalue weighted by atomic mass is 19.2. The van der Waals surface area contributed by atoms with E-state index in [0.717, 1.165) is 6.07 Å². The molecule has 4 heteroatoms. The van der Waals surface area contributed by atoms with Gasteiger partial charge in [0, 0.05) is 13.0 Å². The first kappa shape index (κ1) is 13.1. The van der Waals surface area contributed by atoms with E-state index < -0.39 is 23.8 Å². The second-order valence-corrected chi connectivity index (χ2v) is 3.64. The largest absolute Gasteiger partial charge is 0.390 e. The molecule has 1 aromatic carbocycles. The Kier molecular flexibility index (Phi) is 4.83. The molecule has 0 aromatic heterocycles. The predicted octanol–water partition coefficient (Wildman–Crippen LogP) is 2.29. The molecule has 2 atom stereocenters. The molecule has 90 valence electrons. The van der Waals surface area contributed by atoms with Gasteiger partial charge in [0.1, 0.15) is 0 Å². The van der Waals surface area contributed by atoms with Crippen LogP contribution in [0, 0.1) is 11.6 Å². The second-order valence-electron chi connectivity index (χ2n) is 3.64. The minimum atomic E-state index is -0.898. The van der Waals surface area contributed by atoms with Gasteiger partial charge in [-0.05, 0) is 25.5 Å². The molecule has 0 fully saturated rings. The van der Waals surface area contributed by atoms with Gasteiger partial charge in [-0.1, -0.05) is 12.1 Å². The van der Waals surface area contributed by atoms with E-state index in [-0.39, 0.29) is 12.0 Å². The van der Waals surface area contributed by atoms with Gasteiger partial charge in [0.05, 0.1) is 12.2 Å². The van der Waals surface area contributed by atoms with E-state index in [1.165, 1.54) is 12.1 Å².